The van der Waals surface area contributed by atoms with Gasteiger partial charge in [0.1, 0.15) is 11.8 Å². The van der Waals surface area contributed by atoms with Gasteiger partial charge in [0.05, 0.1) is 16.8 Å². The van der Waals surface area contributed by atoms with Crippen LogP contribution in [-0.2, 0) is 9.53 Å². The molecule has 2 heterocycles. The van der Waals surface area contributed by atoms with Gasteiger partial charge in [-0.2, -0.15) is 5.26 Å². The molecule has 0 amide bonds. The Kier molecular flexibility index (Phi) is 3.29. The summed E-state index contributed by atoms with van der Waals surface area (Å²) in [6, 6.07) is 7.51. The number of rotatable bonds is 1. The lowest BCUT2D eigenvalue weighted by atomic mass is 9.74. The molecule has 3 aliphatic rings. The second-order valence-electron chi connectivity index (χ2n) is 7.29. The Balaban J connectivity index is 1.79. The van der Waals surface area contributed by atoms with Crippen molar-refractivity contribution < 1.29 is 19.0 Å². The molecule has 6 heteroatoms. The molecule has 1 aromatic carbocycles. The molecule has 0 fully saturated rings. The molecular formula is C19H18N2O4. The third kappa shape index (κ3) is 2.43. The number of benzene rings is 1. The van der Waals surface area contributed by atoms with Gasteiger partial charge >= 0.3 is 0 Å². The third-order valence-electron chi connectivity index (χ3n) is 4.74. The molecule has 4 rings (SSSR count). The summed E-state index contributed by atoms with van der Waals surface area (Å²) in [7, 11) is 0. The quantitative estimate of drug-likeness (QED) is 0.846. The zero-order chi connectivity index (χ0) is 17.8. The summed E-state index contributed by atoms with van der Waals surface area (Å²) >= 11 is 0. The van der Waals surface area contributed by atoms with E-state index in [1.807, 2.05) is 19.9 Å². The molecule has 25 heavy (non-hydrogen) atoms. The fourth-order valence-electron chi connectivity index (χ4n) is 3.57. The zero-order valence-corrected chi connectivity index (χ0v) is 14.1. The highest BCUT2D eigenvalue weighted by Gasteiger charge is 2.41. The van der Waals surface area contributed by atoms with E-state index in [2.05, 4.69) is 6.07 Å². The minimum atomic E-state index is -0.653. The van der Waals surface area contributed by atoms with Crippen LogP contribution in [0.1, 0.15) is 38.4 Å². The summed E-state index contributed by atoms with van der Waals surface area (Å²) < 4.78 is 16.9. The first kappa shape index (κ1) is 15.6. The molecule has 0 saturated heterocycles. The van der Waals surface area contributed by atoms with Crippen LogP contribution < -0.4 is 15.2 Å². The SMILES string of the molecule is CC1(C)CC(=O)C2=C(C1)O[C@@H](c1ccc3c(c1)OCO3)C(C#N)=C2N. The number of hydrogen-bond acceptors (Lipinski definition) is 6. The van der Waals surface area contributed by atoms with Crippen LogP contribution in [0.2, 0.25) is 0 Å². The van der Waals surface area contributed by atoms with E-state index in [0.717, 1.165) is 5.56 Å². The smallest absolute Gasteiger partial charge is 0.231 e. The zero-order valence-electron chi connectivity index (χ0n) is 14.1. The van der Waals surface area contributed by atoms with Crippen LogP contribution in [0.3, 0.4) is 0 Å². The normalized spacial score (nSPS) is 23.9. The minimum Gasteiger partial charge on any atom is -0.484 e. The molecule has 0 spiro atoms. The van der Waals surface area contributed by atoms with Crippen molar-refractivity contribution in [3.8, 4) is 17.6 Å². The number of Topliss-reactive ketones (excluding diaryl/α,β-unsaturated/α-hetero) is 1. The number of ketones is 1. The van der Waals surface area contributed by atoms with E-state index in [4.69, 9.17) is 19.9 Å². The first-order valence-corrected chi connectivity index (χ1v) is 8.12. The van der Waals surface area contributed by atoms with E-state index in [0.29, 0.717) is 35.7 Å². The Labute approximate surface area is 145 Å². The average Bonchev–Trinajstić information content (AvgIpc) is 3.00. The summed E-state index contributed by atoms with van der Waals surface area (Å²) in [5.41, 5.74) is 7.61. The Morgan fingerprint density at radius 1 is 1.24 bits per heavy atom. The molecule has 2 aliphatic heterocycles. The molecule has 0 aromatic heterocycles. The number of nitrogens with zero attached hydrogens (tertiary/aromatic N) is 1. The summed E-state index contributed by atoms with van der Waals surface area (Å²) in [6.07, 6.45) is 0.345. The Bertz CT molecular complexity index is 889. The van der Waals surface area contributed by atoms with Crippen molar-refractivity contribution in [3.63, 3.8) is 0 Å². The summed E-state index contributed by atoms with van der Waals surface area (Å²) in [6.45, 7) is 4.21. The Hall–Kier alpha value is -2.94. The second-order valence-corrected chi connectivity index (χ2v) is 7.29. The minimum absolute atomic E-state index is 0.0689. The Morgan fingerprint density at radius 2 is 2.00 bits per heavy atom. The van der Waals surface area contributed by atoms with Gasteiger partial charge in [-0.3, -0.25) is 4.79 Å². The largest absolute Gasteiger partial charge is 0.484 e. The average molecular weight is 338 g/mol. The number of ether oxygens (including phenoxy) is 3. The van der Waals surface area contributed by atoms with E-state index in [1.165, 1.54) is 0 Å². The van der Waals surface area contributed by atoms with Crippen molar-refractivity contribution in [1.82, 2.24) is 0 Å². The van der Waals surface area contributed by atoms with Crippen LogP contribution in [0.25, 0.3) is 0 Å². The van der Waals surface area contributed by atoms with Crippen LogP contribution in [0.5, 0.6) is 11.5 Å². The standard InChI is InChI=1S/C19H18N2O4/c1-19(2)6-12(22)16-15(7-19)25-18(11(8-20)17(16)21)10-3-4-13-14(5-10)24-9-23-13/h3-5,18H,6-7,9,21H2,1-2H3/t18-/m0/s1. The van der Waals surface area contributed by atoms with Gasteiger partial charge in [0.2, 0.25) is 6.79 Å². The lowest BCUT2D eigenvalue weighted by Crippen LogP contribution is -2.33. The van der Waals surface area contributed by atoms with Crippen LogP contribution in [0.4, 0.5) is 0 Å². The van der Waals surface area contributed by atoms with Crippen molar-refractivity contribution >= 4 is 5.78 Å². The highest BCUT2D eigenvalue weighted by Crippen LogP contribution is 2.47. The van der Waals surface area contributed by atoms with Crippen LogP contribution >= 0.6 is 0 Å². The maximum Gasteiger partial charge on any atom is 0.231 e. The maximum absolute atomic E-state index is 12.5. The van der Waals surface area contributed by atoms with Gasteiger partial charge in [-0.15, -0.1) is 0 Å². The highest BCUT2D eigenvalue weighted by atomic mass is 16.7. The van der Waals surface area contributed by atoms with E-state index in [9.17, 15) is 10.1 Å². The summed E-state index contributed by atoms with van der Waals surface area (Å²) in [5.74, 6) is 1.77. The highest BCUT2D eigenvalue weighted by molar-refractivity contribution is 6.01. The van der Waals surface area contributed by atoms with Gasteiger partial charge in [-0.1, -0.05) is 19.9 Å². The van der Waals surface area contributed by atoms with Crippen LogP contribution in [-0.4, -0.2) is 12.6 Å². The van der Waals surface area contributed by atoms with Crippen molar-refractivity contribution in [2.24, 2.45) is 11.1 Å². The summed E-state index contributed by atoms with van der Waals surface area (Å²) in [5, 5.41) is 9.61. The van der Waals surface area contributed by atoms with E-state index >= 15 is 0 Å². The second kappa shape index (κ2) is 5.28. The van der Waals surface area contributed by atoms with Gasteiger partial charge in [-0.05, 0) is 17.5 Å². The van der Waals surface area contributed by atoms with Crippen molar-refractivity contribution in [2.75, 3.05) is 6.79 Å². The monoisotopic (exact) mass is 338 g/mol. The topological polar surface area (TPSA) is 94.6 Å². The van der Waals surface area contributed by atoms with E-state index in [1.54, 1.807) is 12.1 Å². The molecule has 0 saturated carbocycles. The Morgan fingerprint density at radius 3 is 2.76 bits per heavy atom. The summed E-state index contributed by atoms with van der Waals surface area (Å²) in [4.78, 5) is 12.5. The van der Waals surface area contributed by atoms with E-state index in [-0.39, 0.29) is 29.3 Å². The number of nitriles is 1. The molecular weight excluding hydrogens is 320 g/mol. The number of fused-ring (bicyclic) bond motifs is 1. The van der Waals surface area contributed by atoms with Crippen molar-refractivity contribution in [2.45, 2.75) is 32.8 Å². The predicted molar refractivity (Wildman–Crippen MR) is 88.3 cm³/mol. The molecule has 0 unspecified atom stereocenters. The van der Waals surface area contributed by atoms with Crippen molar-refractivity contribution in [1.29, 1.82) is 5.26 Å². The first-order valence-electron chi connectivity index (χ1n) is 8.12. The first-order chi connectivity index (χ1) is 11.9. The molecule has 0 radical (unpaired) electrons. The van der Waals surface area contributed by atoms with Gasteiger partial charge in [0.25, 0.3) is 0 Å². The van der Waals surface area contributed by atoms with Gasteiger partial charge in [-0.25, -0.2) is 0 Å². The molecule has 6 nitrogen and oxygen atoms in total. The molecule has 2 N–H and O–H groups in total. The molecule has 1 aliphatic carbocycles. The van der Waals surface area contributed by atoms with Crippen LogP contribution in [0, 0.1) is 16.7 Å². The van der Waals surface area contributed by atoms with Crippen LogP contribution in [0.15, 0.2) is 40.8 Å². The number of hydrogen-bond donors (Lipinski definition) is 1. The fourth-order valence-corrected chi connectivity index (χ4v) is 3.57. The van der Waals surface area contributed by atoms with Gasteiger partial charge in [0, 0.05) is 18.4 Å². The molecule has 0 bridgehead atoms. The third-order valence-corrected chi connectivity index (χ3v) is 4.74. The maximum atomic E-state index is 12.5. The molecule has 1 aromatic rings. The lowest BCUT2D eigenvalue weighted by Gasteiger charge is -2.37. The van der Waals surface area contributed by atoms with Crippen molar-refractivity contribution in [3.05, 3.63) is 46.4 Å². The number of carbonyl (C=O) groups is 1. The van der Waals surface area contributed by atoms with Gasteiger partial charge < -0.3 is 19.9 Å². The fraction of sp³-hybridized carbons (Fsp3) is 0.368. The molecule has 128 valence electrons. The van der Waals surface area contributed by atoms with Gasteiger partial charge in [0.15, 0.2) is 23.4 Å². The lowest BCUT2D eigenvalue weighted by molar-refractivity contribution is -0.118. The number of carbonyl (C=O) groups excluding carboxylic acids is 1. The predicted octanol–water partition coefficient (Wildman–Crippen LogP) is 2.87. The number of nitrogens with two attached hydrogens (primary N) is 1. The van der Waals surface area contributed by atoms with E-state index < -0.39 is 6.10 Å². The number of allylic oxidation sites excluding steroid dienone is 2. The molecule has 1 atom stereocenters.